The van der Waals surface area contributed by atoms with Crippen molar-refractivity contribution >= 4 is 11.2 Å². The number of nitrogens with one attached hydrogen (secondary N) is 1. The summed E-state index contributed by atoms with van der Waals surface area (Å²) in [6.07, 6.45) is 1.82. The SMILES string of the molecule is Cc1cnc2nc(C3(C)COCC3N)[nH]c2c1. The fourth-order valence-corrected chi connectivity index (χ4v) is 2.21. The van der Waals surface area contributed by atoms with Crippen LogP contribution in [-0.2, 0) is 10.2 Å². The number of nitrogens with zero attached hydrogens (tertiary/aromatic N) is 2. The Labute approximate surface area is 99.4 Å². The predicted molar refractivity (Wildman–Crippen MR) is 64.8 cm³/mol. The second-order valence-corrected chi connectivity index (χ2v) is 5.01. The molecule has 2 atom stereocenters. The zero-order valence-electron chi connectivity index (χ0n) is 10.0. The molecular formula is C12H16N4O. The van der Waals surface area contributed by atoms with Gasteiger partial charge in [0, 0.05) is 12.2 Å². The van der Waals surface area contributed by atoms with E-state index in [-0.39, 0.29) is 11.5 Å². The van der Waals surface area contributed by atoms with Crippen molar-refractivity contribution in [2.75, 3.05) is 13.2 Å². The third-order valence-electron chi connectivity index (χ3n) is 3.53. The second-order valence-electron chi connectivity index (χ2n) is 5.01. The maximum Gasteiger partial charge on any atom is 0.177 e. The number of aromatic amines is 1. The van der Waals surface area contributed by atoms with Crippen LogP contribution in [0.5, 0.6) is 0 Å². The standard InChI is InChI=1S/C12H16N4O/c1-7-3-8-10(14-4-7)16-11(15-8)12(2)6-17-5-9(12)13/h3-4,9H,5-6,13H2,1-2H3,(H,14,15,16). The molecular weight excluding hydrogens is 216 g/mol. The van der Waals surface area contributed by atoms with Gasteiger partial charge in [-0.15, -0.1) is 0 Å². The van der Waals surface area contributed by atoms with Crippen LogP contribution in [0.2, 0.25) is 0 Å². The van der Waals surface area contributed by atoms with Gasteiger partial charge < -0.3 is 15.5 Å². The van der Waals surface area contributed by atoms with Crippen LogP contribution in [0, 0.1) is 6.92 Å². The second kappa shape index (κ2) is 3.51. The molecule has 0 bridgehead atoms. The summed E-state index contributed by atoms with van der Waals surface area (Å²) in [6, 6.07) is 2.02. The van der Waals surface area contributed by atoms with E-state index in [2.05, 4.69) is 21.9 Å². The van der Waals surface area contributed by atoms with Crippen molar-refractivity contribution in [3.05, 3.63) is 23.7 Å². The van der Waals surface area contributed by atoms with Gasteiger partial charge in [0.2, 0.25) is 0 Å². The Morgan fingerprint density at radius 3 is 3.12 bits per heavy atom. The molecule has 2 aromatic rings. The van der Waals surface area contributed by atoms with Gasteiger partial charge in [0.15, 0.2) is 5.65 Å². The molecule has 1 aliphatic rings. The fraction of sp³-hybridized carbons (Fsp3) is 0.500. The number of aryl methyl sites for hydroxylation is 1. The molecule has 0 spiro atoms. The number of hydrogen-bond donors (Lipinski definition) is 2. The van der Waals surface area contributed by atoms with E-state index in [9.17, 15) is 0 Å². The van der Waals surface area contributed by atoms with Gasteiger partial charge in [0.05, 0.1) is 24.1 Å². The van der Waals surface area contributed by atoms with Crippen LogP contribution in [0.25, 0.3) is 11.2 Å². The van der Waals surface area contributed by atoms with E-state index >= 15 is 0 Å². The lowest BCUT2D eigenvalue weighted by Gasteiger charge is -2.23. The summed E-state index contributed by atoms with van der Waals surface area (Å²) < 4.78 is 5.44. The topological polar surface area (TPSA) is 76.8 Å². The molecule has 2 aromatic heterocycles. The first kappa shape index (κ1) is 10.7. The highest BCUT2D eigenvalue weighted by Gasteiger charge is 2.41. The first-order valence-corrected chi connectivity index (χ1v) is 5.76. The van der Waals surface area contributed by atoms with E-state index in [0.29, 0.717) is 13.2 Å². The van der Waals surface area contributed by atoms with E-state index in [1.165, 1.54) is 0 Å². The van der Waals surface area contributed by atoms with Crippen molar-refractivity contribution < 1.29 is 4.74 Å². The summed E-state index contributed by atoms with van der Waals surface area (Å²) in [4.78, 5) is 12.2. The minimum absolute atomic E-state index is 0.0239. The van der Waals surface area contributed by atoms with Gasteiger partial charge in [-0.1, -0.05) is 0 Å². The van der Waals surface area contributed by atoms with E-state index in [1.54, 1.807) is 0 Å². The number of aromatic nitrogens is 3. The zero-order chi connectivity index (χ0) is 12.0. The molecule has 3 N–H and O–H groups in total. The molecule has 0 saturated carbocycles. The minimum atomic E-state index is -0.241. The third kappa shape index (κ3) is 1.54. The van der Waals surface area contributed by atoms with Crippen LogP contribution in [-0.4, -0.2) is 34.2 Å². The van der Waals surface area contributed by atoms with Crippen LogP contribution in [0.1, 0.15) is 18.3 Å². The Morgan fingerprint density at radius 1 is 1.59 bits per heavy atom. The molecule has 90 valence electrons. The number of fused-ring (bicyclic) bond motifs is 1. The Morgan fingerprint density at radius 2 is 2.41 bits per heavy atom. The van der Waals surface area contributed by atoms with Gasteiger partial charge in [0.25, 0.3) is 0 Å². The normalized spacial score (nSPS) is 29.0. The molecule has 0 aliphatic carbocycles. The van der Waals surface area contributed by atoms with Crippen LogP contribution < -0.4 is 5.73 Å². The molecule has 17 heavy (non-hydrogen) atoms. The van der Waals surface area contributed by atoms with Crippen molar-refractivity contribution in [3.63, 3.8) is 0 Å². The van der Waals surface area contributed by atoms with Crippen molar-refractivity contribution in [1.82, 2.24) is 15.0 Å². The molecule has 0 amide bonds. The highest BCUT2D eigenvalue weighted by Crippen LogP contribution is 2.30. The van der Waals surface area contributed by atoms with Crippen molar-refractivity contribution in [1.29, 1.82) is 0 Å². The lowest BCUT2D eigenvalue weighted by molar-refractivity contribution is 0.178. The zero-order valence-corrected chi connectivity index (χ0v) is 10.0. The average molecular weight is 232 g/mol. The van der Waals surface area contributed by atoms with Gasteiger partial charge >= 0.3 is 0 Å². The van der Waals surface area contributed by atoms with E-state index in [1.807, 2.05) is 19.2 Å². The number of H-pyrrole nitrogens is 1. The predicted octanol–water partition coefficient (Wildman–Crippen LogP) is 0.882. The summed E-state index contributed by atoms with van der Waals surface area (Å²) in [6.45, 7) is 5.28. The molecule has 0 aromatic carbocycles. The maximum absolute atomic E-state index is 6.09. The average Bonchev–Trinajstić information content (AvgIpc) is 2.84. The molecule has 1 saturated heterocycles. The smallest absolute Gasteiger partial charge is 0.177 e. The van der Waals surface area contributed by atoms with Gasteiger partial charge in [-0.25, -0.2) is 9.97 Å². The highest BCUT2D eigenvalue weighted by molar-refractivity contribution is 5.71. The maximum atomic E-state index is 6.09. The molecule has 3 rings (SSSR count). The number of ether oxygens (including phenoxy) is 1. The van der Waals surface area contributed by atoms with Crippen molar-refractivity contribution in [2.45, 2.75) is 25.3 Å². The van der Waals surface area contributed by atoms with Crippen LogP contribution in [0.3, 0.4) is 0 Å². The molecule has 5 nitrogen and oxygen atoms in total. The summed E-state index contributed by atoms with van der Waals surface area (Å²) >= 11 is 0. The molecule has 0 radical (unpaired) electrons. The quantitative estimate of drug-likeness (QED) is 0.765. The highest BCUT2D eigenvalue weighted by atomic mass is 16.5. The van der Waals surface area contributed by atoms with E-state index in [4.69, 9.17) is 10.5 Å². The van der Waals surface area contributed by atoms with Gasteiger partial charge in [0.1, 0.15) is 5.82 Å². The molecule has 5 heteroatoms. The minimum Gasteiger partial charge on any atom is -0.379 e. The van der Waals surface area contributed by atoms with Gasteiger partial charge in [-0.2, -0.15) is 0 Å². The fourth-order valence-electron chi connectivity index (χ4n) is 2.21. The number of imidazole rings is 1. The first-order chi connectivity index (χ1) is 8.09. The Bertz CT molecular complexity index is 565. The summed E-state index contributed by atoms with van der Waals surface area (Å²) in [5, 5.41) is 0. The summed E-state index contributed by atoms with van der Waals surface area (Å²) in [5.41, 5.74) is 8.67. The van der Waals surface area contributed by atoms with Crippen LogP contribution >= 0.6 is 0 Å². The number of pyridine rings is 1. The Kier molecular flexibility index (Phi) is 2.21. The molecule has 1 aliphatic heterocycles. The van der Waals surface area contributed by atoms with Crippen LogP contribution in [0.15, 0.2) is 12.3 Å². The first-order valence-electron chi connectivity index (χ1n) is 5.76. The molecule has 2 unspecified atom stereocenters. The Balaban J connectivity index is 2.12. The van der Waals surface area contributed by atoms with E-state index < -0.39 is 0 Å². The van der Waals surface area contributed by atoms with E-state index in [0.717, 1.165) is 22.6 Å². The lowest BCUT2D eigenvalue weighted by atomic mass is 9.85. The summed E-state index contributed by atoms with van der Waals surface area (Å²) in [7, 11) is 0. The molecule has 1 fully saturated rings. The Hall–Kier alpha value is -1.46. The van der Waals surface area contributed by atoms with Crippen molar-refractivity contribution in [2.24, 2.45) is 5.73 Å². The third-order valence-corrected chi connectivity index (χ3v) is 3.53. The van der Waals surface area contributed by atoms with Crippen LogP contribution in [0.4, 0.5) is 0 Å². The number of rotatable bonds is 1. The monoisotopic (exact) mass is 232 g/mol. The largest absolute Gasteiger partial charge is 0.379 e. The number of nitrogens with two attached hydrogens (primary N) is 1. The number of hydrogen-bond acceptors (Lipinski definition) is 4. The summed E-state index contributed by atoms with van der Waals surface area (Å²) in [5.74, 6) is 0.871. The van der Waals surface area contributed by atoms with Gasteiger partial charge in [-0.3, -0.25) is 0 Å². The molecule has 3 heterocycles. The lowest BCUT2D eigenvalue weighted by Crippen LogP contribution is -2.42. The van der Waals surface area contributed by atoms with Crippen molar-refractivity contribution in [3.8, 4) is 0 Å². The van der Waals surface area contributed by atoms with Gasteiger partial charge in [-0.05, 0) is 25.5 Å².